The molecule has 0 saturated carbocycles. The second-order valence-corrected chi connectivity index (χ2v) is 21.7. The molecule has 3 heterocycles. The second-order valence-electron chi connectivity index (χ2n) is 21.7. The summed E-state index contributed by atoms with van der Waals surface area (Å²) in [4.78, 5) is 116. The number of ether oxygens (including phenoxy) is 3. The van der Waals surface area contributed by atoms with Gasteiger partial charge in [0.15, 0.2) is 11.5 Å². The van der Waals surface area contributed by atoms with Crippen LogP contribution in [-0.2, 0) is 44.7 Å². The Bertz CT molecular complexity index is 2260. The minimum atomic E-state index is -2.17. The first-order valence-electron chi connectivity index (χ1n) is 25.3. The Labute approximate surface area is 445 Å². The van der Waals surface area contributed by atoms with E-state index in [2.05, 4.69) is 26.6 Å². The number of aliphatic hydroxyl groups is 8. The minimum Gasteiger partial charge on any atom is -0.504 e. The first-order valence-corrected chi connectivity index (χ1v) is 25.3. The van der Waals surface area contributed by atoms with Gasteiger partial charge in [-0.05, 0) is 72.6 Å². The molecular weight excluding hydrogens is 1020 g/mol. The maximum Gasteiger partial charge on any atom is 0.410 e. The van der Waals surface area contributed by atoms with Crippen molar-refractivity contribution in [2.45, 2.75) is 171 Å². The molecule has 3 aliphatic rings. The van der Waals surface area contributed by atoms with Crippen molar-refractivity contribution in [2.75, 3.05) is 46.5 Å². The molecule has 28 heteroatoms. The number of nitrogens with one attached hydrogen (secondary N) is 5. The number of β-amino-alcohol motifs (C(OH)–C–C–N with tert-alkyl or cyclic N) is 1. The predicted octanol–water partition coefficient (Wildman–Crippen LogP) is -4.58. The zero-order valence-corrected chi connectivity index (χ0v) is 44.7. The molecule has 0 spiro atoms. The van der Waals surface area contributed by atoms with Crippen LogP contribution in [-0.4, -0.2) is 245 Å². The van der Waals surface area contributed by atoms with E-state index in [0.717, 1.165) is 21.6 Å². The Morgan fingerprint density at radius 3 is 1.96 bits per heavy atom. The number of carbonyl (C=O) groups is 8. The number of carbonyl (C=O) groups excluding carboxylic acids is 8. The first kappa shape index (κ1) is 63.4. The summed E-state index contributed by atoms with van der Waals surface area (Å²) in [7, 11) is 1.25. The number of hydrogen-bond donors (Lipinski definition) is 14. The Morgan fingerprint density at radius 1 is 0.779 bits per heavy atom. The number of rotatable bonds is 13. The first-order chi connectivity index (χ1) is 35.8. The van der Waals surface area contributed by atoms with Gasteiger partial charge in [-0.25, -0.2) is 9.59 Å². The monoisotopic (exact) mass is 1100 g/mol. The van der Waals surface area contributed by atoms with E-state index in [0.29, 0.717) is 0 Å². The van der Waals surface area contributed by atoms with E-state index in [1.807, 2.05) is 0 Å². The highest BCUT2D eigenvalue weighted by Crippen LogP contribution is 2.29. The summed E-state index contributed by atoms with van der Waals surface area (Å²) in [6.07, 6.45) is -15.1. The quantitative estimate of drug-likeness (QED) is 0.0884. The predicted molar refractivity (Wildman–Crippen MR) is 267 cm³/mol. The number of methoxy groups -OCH3 is 1. The van der Waals surface area contributed by atoms with Crippen LogP contribution in [0.3, 0.4) is 0 Å². The summed E-state index contributed by atoms with van der Waals surface area (Å²) in [6, 6.07) is -8.92. The van der Waals surface area contributed by atoms with Crippen LogP contribution in [0.1, 0.15) is 80.2 Å². The molecule has 1 aromatic rings. The molecule has 3 saturated heterocycles. The van der Waals surface area contributed by atoms with Gasteiger partial charge >= 0.3 is 12.2 Å². The molecule has 0 aliphatic carbocycles. The molecule has 434 valence electrons. The van der Waals surface area contributed by atoms with Crippen molar-refractivity contribution < 1.29 is 98.5 Å². The van der Waals surface area contributed by atoms with Gasteiger partial charge < -0.3 is 101 Å². The normalized spacial score (nSPS) is 27.7. The Balaban J connectivity index is 1.90. The van der Waals surface area contributed by atoms with E-state index in [1.54, 1.807) is 20.8 Å². The van der Waals surface area contributed by atoms with Crippen molar-refractivity contribution in [1.29, 1.82) is 0 Å². The van der Waals surface area contributed by atoms with E-state index >= 15 is 4.79 Å². The molecule has 3 aliphatic heterocycles. The molecule has 8 amide bonds. The topological polar surface area (TPSA) is 416 Å². The summed E-state index contributed by atoms with van der Waals surface area (Å²) >= 11 is 0. The lowest BCUT2D eigenvalue weighted by molar-refractivity contribution is -0.147. The van der Waals surface area contributed by atoms with Gasteiger partial charge in [-0.3, -0.25) is 28.8 Å². The third-order valence-electron chi connectivity index (χ3n) is 13.0. The molecule has 0 aromatic heterocycles. The molecule has 3 fully saturated rings. The largest absolute Gasteiger partial charge is 0.504 e. The lowest BCUT2D eigenvalue weighted by atomic mass is 9.98. The van der Waals surface area contributed by atoms with Crippen LogP contribution >= 0.6 is 0 Å². The van der Waals surface area contributed by atoms with Crippen molar-refractivity contribution in [3.05, 3.63) is 23.8 Å². The third-order valence-corrected chi connectivity index (χ3v) is 13.0. The zero-order valence-electron chi connectivity index (χ0n) is 44.7. The fourth-order valence-electron chi connectivity index (χ4n) is 9.01. The molecule has 0 bridgehead atoms. The van der Waals surface area contributed by atoms with Gasteiger partial charge in [0, 0.05) is 51.4 Å². The van der Waals surface area contributed by atoms with Gasteiger partial charge in [0.25, 0.3) is 0 Å². The summed E-state index contributed by atoms with van der Waals surface area (Å²) in [6.45, 7) is 7.98. The average molecular weight is 1100 g/mol. The van der Waals surface area contributed by atoms with Crippen LogP contribution in [0.25, 0.3) is 0 Å². The number of nitrogens with zero attached hydrogens (tertiary/aromatic N) is 3. The van der Waals surface area contributed by atoms with Crippen LogP contribution < -0.4 is 31.3 Å². The molecular formula is C49H78N8O20. The number of phenolic OH excluding ortho intramolecular Hbond substituents is 1. The lowest BCUT2D eigenvalue weighted by Gasteiger charge is -2.35. The van der Waals surface area contributed by atoms with Crippen LogP contribution in [0.5, 0.6) is 11.5 Å². The number of phenols is 1. The zero-order chi connectivity index (χ0) is 58.0. The SMILES string of the molecule is COc1cc(C[C@@H](O)[C@@H]2NC(=O)[C@@H]3C[C@@H](O)CN3C(=O)[C@H]([C@@H](C)O)NC(=O)[C@@H](NC(=O)OC(C)(C)C)C[C@@H](O)CNC(=O)[C@@H]3[C@@H](O)[C@@H](C)CN3C(=O)[C@H]([C@H](O)CCN(C(=O)OC(C)(C)C)C(CO)CO)NC2=O)ccc1O. The highest BCUT2D eigenvalue weighted by Gasteiger charge is 2.50. The van der Waals surface area contributed by atoms with Crippen molar-refractivity contribution >= 4 is 47.6 Å². The Morgan fingerprint density at radius 2 is 1.38 bits per heavy atom. The number of alkyl carbamates (subject to hydrolysis) is 1. The van der Waals surface area contributed by atoms with Crippen LogP contribution in [0.2, 0.25) is 0 Å². The molecule has 1 aromatic carbocycles. The number of aliphatic hydroxyl groups excluding tert-OH is 8. The molecule has 14 N–H and O–H groups in total. The maximum atomic E-state index is 15.0. The molecule has 13 atom stereocenters. The van der Waals surface area contributed by atoms with E-state index in [-0.39, 0.29) is 17.1 Å². The van der Waals surface area contributed by atoms with Gasteiger partial charge in [-0.2, -0.15) is 0 Å². The summed E-state index contributed by atoms with van der Waals surface area (Å²) < 4.78 is 16.0. The Hall–Kier alpha value is -6.14. The highest BCUT2D eigenvalue weighted by atomic mass is 16.6. The van der Waals surface area contributed by atoms with Gasteiger partial charge in [0.1, 0.15) is 47.5 Å². The molecule has 28 nitrogen and oxygen atoms in total. The van der Waals surface area contributed by atoms with Crippen molar-refractivity contribution in [1.82, 2.24) is 41.3 Å². The molecule has 0 unspecified atom stereocenters. The van der Waals surface area contributed by atoms with Crippen molar-refractivity contribution in [3.8, 4) is 11.5 Å². The van der Waals surface area contributed by atoms with Crippen molar-refractivity contribution in [3.63, 3.8) is 0 Å². The Kier molecular flexibility index (Phi) is 22.2. The summed E-state index contributed by atoms with van der Waals surface area (Å²) in [5, 5.41) is 111. The fraction of sp³-hybridized carbons (Fsp3) is 0.714. The van der Waals surface area contributed by atoms with Crippen LogP contribution in [0, 0.1) is 5.92 Å². The lowest BCUT2D eigenvalue weighted by Crippen LogP contribution is -2.64. The maximum absolute atomic E-state index is 15.0. The summed E-state index contributed by atoms with van der Waals surface area (Å²) in [5.41, 5.74) is -1.97. The third kappa shape index (κ3) is 17.2. The van der Waals surface area contributed by atoms with E-state index in [1.165, 1.54) is 53.0 Å². The van der Waals surface area contributed by atoms with E-state index in [9.17, 15) is 79.5 Å². The number of hydrogen-bond acceptors (Lipinski definition) is 20. The van der Waals surface area contributed by atoms with Crippen LogP contribution in [0.15, 0.2) is 18.2 Å². The van der Waals surface area contributed by atoms with Gasteiger partial charge in [0.2, 0.25) is 35.4 Å². The standard InChI is InChI=1S/C49H78N8O20/c1-23-19-57-38(39(23)66)43(70)50-18-27(61)16-29(51-46(73)76-48(3,4)5)40(67)52-35(24(2)60)44(71)56-20-28(62)17-30(56)41(68)53-36(33(65)14-25-10-11-31(63)34(15-25)75-9)42(69)54-37(45(57)72)32(64)12-13-55(26(21-58)22-59)47(74)77-49(6,7)8/h10-11,15,23-24,26-30,32-33,35-39,58-66H,12-14,16-22H2,1-9H3,(H,50,70)(H,51,73)(H,52,67)(H,53,68)(H,54,69)/t23-,24+,27+,28+,29-,30-,32+,33+,35-,36-,37-,38-,39-/m0/s1. The van der Waals surface area contributed by atoms with Gasteiger partial charge in [-0.15, -0.1) is 0 Å². The molecule has 77 heavy (non-hydrogen) atoms. The van der Waals surface area contributed by atoms with Crippen LogP contribution in [0.4, 0.5) is 9.59 Å². The number of fused-ring (bicyclic) bond motifs is 2. The van der Waals surface area contributed by atoms with Gasteiger partial charge in [0.05, 0.1) is 63.0 Å². The number of amides is 8. The molecule has 0 radical (unpaired) electrons. The second kappa shape index (κ2) is 27.0. The minimum absolute atomic E-state index is 0.0510. The number of aromatic hydroxyl groups is 1. The summed E-state index contributed by atoms with van der Waals surface area (Å²) in [5.74, 6) is -8.42. The van der Waals surface area contributed by atoms with E-state index < -0.39 is 209 Å². The highest BCUT2D eigenvalue weighted by molar-refractivity contribution is 5.98. The van der Waals surface area contributed by atoms with Crippen molar-refractivity contribution in [2.24, 2.45) is 5.92 Å². The fourth-order valence-corrected chi connectivity index (χ4v) is 9.01. The number of benzene rings is 1. The smallest absolute Gasteiger partial charge is 0.410 e. The van der Waals surface area contributed by atoms with Gasteiger partial charge in [-0.1, -0.05) is 13.0 Å². The molecule has 4 rings (SSSR count). The van der Waals surface area contributed by atoms with E-state index in [4.69, 9.17) is 14.2 Å². The average Bonchev–Trinajstić information content (AvgIpc) is 3.87.